The van der Waals surface area contributed by atoms with Gasteiger partial charge < -0.3 is 23.7 Å². The minimum atomic E-state index is -1.38. The van der Waals surface area contributed by atoms with Gasteiger partial charge in [-0.15, -0.1) is 0 Å². The summed E-state index contributed by atoms with van der Waals surface area (Å²) in [5.41, 5.74) is 2.17. The summed E-state index contributed by atoms with van der Waals surface area (Å²) in [6, 6.07) is 20.1. The first-order chi connectivity index (χ1) is 14.2. The Bertz CT molecular complexity index is 805. The summed E-state index contributed by atoms with van der Waals surface area (Å²) in [6.07, 6.45) is -0.134. The van der Waals surface area contributed by atoms with Gasteiger partial charge in [0.1, 0.15) is 12.7 Å². The van der Waals surface area contributed by atoms with E-state index in [2.05, 4.69) is 0 Å². The fraction of sp³-hybridized carbons (Fsp3) is 0.435. The number of Topliss-reactive ketones (excluding diaryl/α,β-unsaturated/α-hetero) is 1. The predicted octanol–water partition coefficient (Wildman–Crippen LogP) is 2.29. The number of hydrogen-bond acceptors (Lipinski definition) is 6. The quantitative estimate of drug-likeness (QED) is 0.790. The maximum atomic E-state index is 13.2. The van der Waals surface area contributed by atoms with Gasteiger partial charge in [0.25, 0.3) is 5.79 Å². The lowest BCUT2D eigenvalue weighted by molar-refractivity contribution is -0.294. The number of ether oxygens (including phenoxy) is 5. The maximum Gasteiger partial charge on any atom is 0.256 e. The van der Waals surface area contributed by atoms with Gasteiger partial charge in [-0.1, -0.05) is 60.7 Å². The number of carbonyl (C=O) groups excluding carboxylic acids is 1. The molecule has 152 valence electrons. The molecule has 3 heterocycles. The van der Waals surface area contributed by atoms with Crippen molar-refractivity contribution in [3.63, 3.8) is 0 Å². The highest BCUT2D eigenvalue weighted by molar-refractivity contribution is 5.91. The monoisotopic (exact) mass is 396 g/mol. The Morgan fingerprint density at radius 1 is 0.828 bits per heavy atom. The molecule has 0 aromatic heterocycles. The van der Waals surface area contributed by atoms with Crippen molar-refractivity contribution in [2.24, 2.45) is 0 Å². The molecule has 5 rings (SSSR count). The standard InChI is InChI=1S/C23H24O6/c24-21-20-19(15-27-23(21)16-25-11-12-26-23)28-22(29-20,13-17-7-3-1-4-8-17)14-18-9-5-2-6-10-18/h1-10,19-20H,11-16H2. The van der Waals surface area contributed by atoms with Crippen LogP contribution in [0.1, 0.15) is 11.1 Å². The number of rotatable bonds is 4. The van der Waals surface area contributed by atoms with Gasteiger partial charge in [-0.25, -0.2) is 0 Å². The molecule has 3 saturated heterocycles. The molecule has 2 aromatic rings. The van der Waals surface area contributed by atoms with Crippen LogP contribution in [0.4, 0.5) is 0 Å². The van der Waals surface area contributed by atoms with E-state index in [0.29, 0.717) is 26.1 Å². The van der Waals surface area contributed by atoms with Gasteiger partial charge in [0, 0.05) is 12.8 Å². The number of hydrogen-bond donors (Lipinski definition) is 0. The Morgan fingerprint density at radius 3 is 2.07 bits per heavy atom. The summed E-state index contributed by atoms with van der Waals surface area (Å²) in [5, 5.41) is 0. The molecule has 2 aromatic carbocycles. The van der Waals surface area contributed by atoms with Crippen LogP contribution in [0.25, 0.3) is 0 Å². The highest BCUT2D eigenvalue weighted by Gasteiger charge is 2.60. The zero-order valence-corrected chi connectivity index (χ0v) is 16.1. The fourth-order valence-electron chi connectivity index (χ4n) is 4.30. The molecule has 29 heavy (non-hydrogen) atoms. The second-order valence-electron chi connectivity index (χ2n) is 7.76. The van der Waals surface area contributed by atoms with Gasteiger partial charge in [0.15, 0.2) is 11.9 Å². The molecule has 3 unspecified atom stereocenters. The lowest BCUT2D eigenvalue weighted by Gasteiger charge is -2.40. The molecule has 6 heteroatoms. The van der Waals surface area contributed by atoms with E-state index in [4.69, 9.17) is 23.7 Å². The predicted molar refractivity (Wildman–Crippen MR) is 103 cm³/mol. The SMILES string of the molecule is O=C1C2OC(Cc3ccccc3)(Cc3ccccc3)OC2COC12COCCO2. The summed E-state index contributed by atoms with van der Waals surface area (Å²) >= 11 is 0. The van der Waals surface area contributed by atoms with Crippen LogP contribution in [0.3, 0.4) is 0 Å². The van der Waals surface area contributed by atoms with Crippen LogP contribution in [-0.4, -0.2) is 56.0 Å². The third-order valence-corrected chi connectivity index (χ3v) is 5.65. The van der Waals surface area contributed by atoms with Crippen molar-refractivity contribution in [1.82, 2.24) is 0 Å². The lowest BCUT2D eigenvalue weighted by Crippen LogP contribution is -2.62. The molecule has 0 bridgehead atoms. The van der Waals surface area contributed by atoms with Crippen LogP contribution >= 0.6 is 0 Å². The van der Waals surface area contributed by atoms with Crippen LogP contribution in [-0.2, 0) is 41.3 Å². The summed E-state index contributed by atoms with van der Waals surface area (Å²) in [6.45, 7) is 1.09. The van der Waals surface area contributed by atoms with Crippen molar-refractivity contribution < 1.29 is 28.5 Å². The van der Waals surface area contributed by atoms with Crippen LogP contribution in [0.2, 0.25) is 0 Å². The van der Waals surface area contributed by atoms with E-state index >= 15 is 0 Å². The van der Waals surface area contributed by atoms with E-state index in [1.165, 1.54) is 0 Å². The topological polar surface area (TPSA) is 63.2 Å². The highest BCUT2D eigenvalue weighted by Crippen LogP contribution is 2.41. The smallest absolute Gasteiger partial charge is 0.256 e. The third-order valence-electron chi connectivity index (χ3n) is 5.65. The van der Waals surface area contributed by atoms with E-state index in [9.17, 15) is 4.79 Å². The number of fused-ring (bicyclic) bond motifs is 1. The zero-order valence-electron chi connectivity index (χ0n) is 16.1. The van der Waals surface area contributed by atoms with E-state index in [-0.39, 0.29) is 19.0 Å². The van der Waals surface area contributed by atoms with E-state index in [1.54, 1.807) is 0 Å². The first-order valence-corrected chi connectivity index (χ1v) is 10.0. The Hall–Kier alpha value is -2.09. The first-order valence-electron chi connectivity index (χ1n) is 10.0. The van der Waals surface area contributed by atoms with E-state index in [0.717, 1.165) is 11.1 Å². The van der Waals surface area contributed by atoms with Crippen molar-refractivity contribution in [3.05, 3.63) is 71.8 Å². The lowest BCUT2D eigenvalue weighted by atomic mass is 9.97. The average Bonchev–Trinajstić information content (AvgIpc) is 3.12. The Morgan fingerprint density at radius 2 is 1.48 bits per heavy atom. The maximum absolute atomic E-state index is 13.2. The number of ketones is 1. The molecule has 3 aliphatic heterocycles. The Labute approximate surface area is 169 Å². The van der Waals surface area contributed by atoms with E-state index < -0.39 is 23.8 Å². The Kier molecular flexibility index (Phi) is 4.97. The largest absolute Gasteiger partial charge is 0.373 e. The van der Waals surface area contributed by atoms with Crippen molar-refractivity contribution >= 4 is 5.78 Å². The minimum Gasteiger partial charge on any atom is -0.373 e. The zero-order chi connectivity index (χ0) is 19.7. The summed E-state index contributed by atoms with van der Waals surface area (Å²) in [4.78, 5) is 13.2. The molecular weight excluding hydrogens is 372 g/mol. The van der Waals surface area contributed by atoms with Crippen molar-refractivity contribution in [1.29, 1.82) is 0 Å². The molecule has 3 aliphatic rings. The minimum absolute atomic E-state index is 0.0861. The summed E-state index contributed by atoms with van der Waals surface area (Å²) in [5.74, 6) is -2.58. The normalized spacial score (nSPS) is 31.0. The molecular formula is C23H24O6. The van der Waals surface area contributed by atoms with E-state index in [1.807, 2.05) is 60.7 Å². The van der Waals surface area contributed by atoms with Crippen LogP contribution in [0, 0.1) is 0 Å². The number of carbonyl (C=O) groups is 1. The molecule has 6 nitrogen and oxygen atoms in total. The third kappa shape index (κ3) is 3.63. The summed E-state index contributed by atoms with van der Waals surface area (Å²) in [7, 11) is 0. The molecule has 1 spiro atoms. The van der Waals surface area contributed by atoms with Gasteiger partial charge in [-0.2, -0.15) is 0 Å². The summed E-state index contributed by atoms with van der Waals surface area (Å²) < 4.78 is 29.8. The highest BCUT2D eigenvalue weighted by atomic mass is 16.8. The molecule has 0 saturated carbocycles. The van der Waals surface area contributed by atoms with Crippen LogP contribution in [0.5, 0.6) is 0 Å². The molecule has 0 amide bonds. The molecule has 3 fully saturated rings. The van der Waals surface area contributed by atoms with Gasteiger partial charge >= 0.3 is 0 Å². The van der Waals surface area contributed by atoms with Crippen molar-refractivity contribution in [2.45, 2.75) is 36.6 Å². The molecule has 3 atom stereocenters. The van der Waals surface area contributed by atoms with Crippen molar-refractivity contribution in [2.75, 3.05) is 26.4 Å². The molecule has 0 aliphatic carbocycles. The van der Waals surface area contributed by atoms with Gasteiger partial charge in [0.2, 0.25) is 5.78 Å². The van der Waals surface area contributed by atoms with Crippen LogP contribution < -0.4 is 0 Å². The second kappa shape index (κ2) is 7.63. The molecule has 0 N–H and O–H groups in total. The van der Waals surface area contributed by atoms with Crippen LogP contribution in [0.15, 0.2) is 60.7 Å². The van der Waals surface area contributed by atoms with Gasteiger partial charge in [-0.3, -0.25) is 4.79 Å². The van der Waals surface area contributed by atoms with Crippen molar-refractivity contribution in [3.8, 4) is 0 Å². The van der Waals surface area contributed by atoms with Gasteiger partial charge in [0.05, 0.1) is 19.8 Å². The average molecular weight is 396 g/mol. The molecule has 0 radical (unpaired) electrons. The first kappa shape index (κ1) is 18.9. The second-order valence-corrected chi connectivity index (χ2v) is 7.76. The number of benzene rings is 2. The fourth-order valence-corrected chi connectivity index (χ4v) is 4.30. The van der Waals surface area contributed by atoms with Gasteiger partial charge in [-0.05, 0) is 11.1 Å². The Balaban J connectivity index is 1.44.